The van der Waals surface area contributed by atoms with Crippen LogP contribution in [-0.2, 0) is 13.6 Å². The molecule has 0 unspecified atom stereocenters. The first-order valence-electron chi connectivity index (χ1n) is 6.08. The Labute approximate surface area is 113 Å². The Morgan fingerprint density at radius 2 is 1.90 bits per heavy atom. The van der Waals surface area contributed by atoms with Gasteiger partial charge in [-0.15, -0.1) is 5.10 Å². The van der Waals surface area contributed by atoms with Crippen LogP contribution in [0.3, 0.4) is 0 Å². The van der Waals surface area contributed by atoms with Crippen LogP contribution in [0.1, 0.15) is 11.3 Å². The number of benzene rings is 1. The van der Waals surface area contributed by atoms with Crippen molar-refractivity contribution in [2.75, 3.05) is 0 Å². The molecule has 0 radical (unpaired) electrons. The second kappa shape index (κ2) is 4.52. The van der Waals surface area contributed by atoms with E-state index in [1.807, 2.05) is 6.92 Å². The lowest BCUT2D eigenvalue weighted by atomic mass is 10.2. The van der Waals surface area contributed by atoms with E-state index in [1.54, 1.807) is 23.9 Å². The molecule has 0 amide bonds. The quantitative estimate of drug-likeness (QED) is 0.699. The molecule has 3 aromatic rings. The van der Waals surface area contributed by atoms with Crippen molar-refractivity contribution in [2.24, 2.45) is 7.05 Å². The molecule has 6 nitrogen and oxygen atoms in total. The number of rotatable bonds is 2. The molecule has 0 fully saturated rings. The lowest BCUT2D eigenvalue weighted by Gasteiger charge is -2.03. The SMILES string of the molecule is Cc1c2nnn(Cc3ccc(F)cc3)c(=O)c2nn1C. The number of aryl methyl sites for hydroxylation is 2. The van der Waals surface area contributed by atoms with Crippen molar-refractivity contribution in [1.29, 1.82) is 0 Å². The molecule has 0 saturated heterocycles. The van der Waals surface area contributed by atoms with Gasteiger partial charge in [-0.2, -0.15) is 5.10 Å². The van der Waals surface area contributed by atoms with E-state index in [1.165, 1.54) is 16.8 Å². The Kier molecular flexibility index (Phi) is 2.81. The highest BCUT2D eigenvalue weighted by Crippen LogP contribution is 2.09. The number of hydrogen-bond acceptors (Lipinski definition) is 4. The van der Waals surface area contributed by atoms with E-state index in [0.717, 1.165) is 11.3 Å². The van der Waals surface area contributed by atoms with Crippen molar-refractivity contribution in [3.63, 3.8) is 0 Å². The molecule has 3 rings (SSSR count). The highest BCUT2D eigenvalue weighted by molar-refractivity contribution is 5.74. The highest BCUT2D eigenvalue weighted by Gasteiger charge is 2.13. The summed E-state index contributed by atoms with van der Waals surface area (Å²) in [5.41, 5.74) is 2.06. The van der Waals surface area contributed by atoms with Crippen LogP contribution in [0.5, 0.6) is 0 Å². The molecule has 2 aromatic heterocycles. The van der Waals surface area contributed by atoms with Crippen molar-refractivity contribution < 1.29 is 4.39 Å². The van der Waals surface area contributed by atoms with Crippen LogP contribution in [0.25, 0.3) is 11.0 Å². The fourth-order valence-electron chi connectivity index (χ4n) is 1.99. The van der Waals surface area contributed by atoms with Crippen molar-refractivity contribution in [3.8, 4) is 0 Å². The third-order valence-corrected chi connectivity index (χ3v) is 3.24. The van der Waals surface area contributed by atoms with Crippen molar-refractivity contribution in [1.82, 2.24) is 24.8 Å². The summed E-state index contributed by atoms with van der Waals surface area (Å²) in [5.74, 6) is -0.317. The van der Waals surface area contributed by atoms with Gasteiger partial charge in [0, 0.05) is 7.05 Å². The van der Waals surface area contributed by atoms with Gasteiger partial charge in [-0.25, -0.2) is 9.07 Å². The first kappa shape index (κ1) is 12.5. The third kappa shape index (κ3) is 1.97. The number of nitrogens with zero attached hydrogens (tertiary/aromatic N) is 5. The molecule has 102 valence electrons. The molecule has 0 saturated carbocycles. The van der Waals surface area contributed by atoms with Gasteiger partial charge in [-0.05, 0) is 24.6 Å². The molecule has 7 heteroatoms. The zero-order valence-electron chi connectivity index (χ0n) is 11.0. The highest BCUT2D eigenvalue weighted by atomic mass is 19.1. The minimum Gasteiger partial charge on any atom is -0.270 e. The number of aromatic nitrogens is 5. The number of hydrogen-bond donors (Lipinski definition) is 0. The minimum absolute atomic E-state index is 0.234. The molecule has 2 heterocycles. The predicted molar refractivity (Wildman–Crippen MR) is 70.8 cm³/mol. The summed E-state index contributed by atoms with van der Waals surface area (Å²) < 4.78 is 15.7. The second-order valence-corrected chi connectivity index (χ2v) is 4.58. The largest absolute Gasteiger partial charge is 0.298 e. The van der Waals surface area contributed by atoms with Gasteiger partial charge in [0.15, 0.2) is 5.52 Å². The average Bonchev–Trinajstić information content (AvgIpc) is 2.72. The fraction of sp³-hybridized carbons (Fsp3) is 0.231. The molecule has 0 bridgehead atoms. The topological polar surface area (TPSA) is 65.6 Å². The van der Waals surface area contributed by atoms with Crippen LogP contribution in [0, 0.1) is 12.7 Å². The first-order chi connectivity index (χ1) is 9.56. The number of halogens is 1. The molecular weight excluding hydrogens is 261 g/mol. The first-order valence-corrected chi connectivity index (χ1v) is 6.08. The summed E-state index contributed by atoms with van der Waals surface area (Å²) in [5, 5.41) is 12.1. The third-order valence-electron chi connectivity index (χ3n) is 3.24. The van der Waals surface area contributed by atoms with Crippen LogP contribution in [0.4, 0.5) is 4.39 Å². The van der Waals surface area contributed by atoms with E-state index in [9.17, 15) is 9.18 Å². The lowest BCUT2D eigenvalue weighted by Crippen LogP contribution is -2.24. The van der Waals surface area contributed by atoms with Gasteiger partial charge in [0.1, 0.15) is 11.3 Å². The van der Waals surface area contributed by atoms with Gasteiger partial charge in [0.25, 0.3) is 5.56 Å². The number of fused-ring (bicyclic) bond motifs is 1. The minimum atomic E-state index is -0.317. The Morgan fingerprint density at radius 1 is 1.20 bits per heavy atom. The molecule has 0 aliphatic carbocycles. The van der Waals surface area contributed by atoms with Gasteiger partial charge in [0.2, 0.25) is 0 Å². The molecule has 0 spiro atoms. The summed E-state index contributed by atoms with van der Waals surface area (Å²) in [4.78, 5) is 12.3. The lowest BCUT2D eigenvalue weighted by molar-refractivity contribution is 0.595. The van der Waals surface area contributed by atoms with Gasteiger partial charge in [0.05, 0.1) is 12.2 Å². The fourth-order valence-corrected chi connectivity index (χ4v) is 1.99. The van der Waals surface area contributed by atoms with Crippen LogP contribution in [0.15, 0.2) is 29.1 Å². The van der Waals surface area contributed by atoms with Crippen molar-refractivity contribution >= 4 is 11.0 Å². The maximum Gasteiger partial charge on any atom is 0.298 e. The van der Waals surface area contributed by atoms with Crippen molar-refractivity contribution in [3.05, 3.63) is 51.7 Å². The smallest absolute Gasteiger partial charge is 0.270 e. The summed E-state index contributed by atoms with van der Waals surface area (Å²) in [6.07, 6.45) is 0. The van der Waals surface area contributed by atoms with Crippen molar-refractivity contribution in [2.45, 2.75) is 13.5 Å². The van der Waals surface area contributed by atoms with Gasteiger partial charge >= 0.3 is 0 Å². The molecule has 0 aliphatic rings. The monoisotopic (exact) mass is 273 g/mol. The maximum atomic E-state index is 12.9. The molecule has 0 atom stereocenters. The Hall–Kier alpha value is -2.57. The molecule has 20 heavy (non-hydrogen) atoms. The summed E-state index contributed by atoms with van der Waals surface area (Å²) >= 11 is 0. The second-order valence-electron chi connectivity index (χ2n) is 4.58. The molecular formula is C13H12FN5O. The van der Waals surface area contributed by atoms with Gasteiger partial charge < -0.3 is 0 Å². The molecule has 1 aromatic carbocycles. The van der Waals surface area contributed by atoms with E-state index in [-0.39, 0.29) is 17.9 Å². The van der Waals surface area contributed by atoms with E-state index in [0.29, 0.717) is 11.0 Å². The zero-order chi connectivity index (χ0) is 14.3. The Bertz CT molecular complexity index is 834. The van der Waals surface area contributed by atoms with Gasteiger partial charge in [-0.3, -0.25) is 9.48 Å². The standard InChI is InChI=1S/C13H12FN5O/c1-8-11-12(16-18(8)2)13(20)19(17-15-11)7-9-3-5-10(14)6-4-9/h3-6H,7H2,1-2H3. The van der Waals surface area contributed by atoms with Crippen LogP contribution in [-0.4, -0.2) is 24.8 Å². The van der Waals surface area contributed by atoms with Crippen LogP contribution in [0.2, 0.25) is 0 Å². The van der Waals surface area contributed by atoms with Gasteiger partial charge in [-0.1, -0.05) is 17.3 Å². The average molecular weight is 273 g/mol. The zero-order valence-corrected chi connectivity index (χ0v) is 11.0. The molecule has 0 N–H and O–H groups in total. The van der Waals surface area contributed by atoms with E-state index in [4.69, 9.17) is 0 Å². The normalized spacial score (nSPS) is 11.2. The van der Waals surface area contributed by atoms with E-state index in [2.05, 4.69) is 15.4 Å². The van der Waals surface area contributed by atoms with Crippen LogP contribution >= 0.6 is 0 Å². The maximum absolute atomic E-state index is 12.9. The summed E-state index contributed by atoms with van der Waals surface area (Å²) in [6, 6.07) is 5.91. The predicted octanol–water partition coefficient (Wildman–Crippen LogP) is 1.02. The van der Waals surface area contributed by atoms with E-state index >= 15 is 0 Å². The summed E-state index contributed by atoms with van der Waals surface area (Å²) in [6.45, 7) is 2.06. The molecule has 0 aliphatic heterocycles. The van der Waals surface area contributed by atoms with E-state index < -0.39 is 0 Å². The Morgan fingerprint density at radius 3 is 2.60 bits per heavy atom. The van der Waals surface area contributed by atoms with Crippen LogP contribution < -0.4 is 5.56 Å². The Balaban J connectivity index is 2.06. The summed E-state index contributed by atoms with van der Waals surface area (Å²) in [7, 11) is 1.75.